The lowest BCUT2D eigenvalue weighted by Crippen LogP contribution is -2.49. The normalized spacial score (nSPS) is 17.8. The van der Waals surface area contributed by atoms with E-state index in [9.17, 15) is 14.9 Å². The third-order valence-electron chi connectivity index (χ3n) is 3.76. The monoisotopic (exact) mass is 329 g/mol. The summed E-state index contributed by atoms with van der Waals surface area (Å²) in [4.78, 5) is 24.9. The van der Waals surface area contributed by atoms with E-state index in [4.69, 9.17) is 4.74 Å². The summed E-state index contributed by atoms with van der Waals surface area (Å²) >= 11 is 0. The molecule has 6 nitrogen and oxygen atoms in total. The zero-order valence-electron chi connectivity index (χ0n) is 14.3. The van der Waals surface area contributed by atoms with Crippen molar-refractivity contribution in [2.24, 2.45) is 0 Å². The number of piperidine rings is 1. The summed E-state index contributed by atoms with van der Waals surface area (Å²) < 4.78 is 5.30. The molecule has 1 fully saturated rings. The van der Waals surface area contributed by atoms with Gasteiger partial charge in [-0.25, -0.2) is 4.79 Å². The Morgan fingerprint density at radius 1 is 1.46 bits per heavy atom. The minimum atomic E-state index is -0.531. The van der Waals surface area contributed by atoms with Gasteiger partial charge in [0.15, 0.2) is 0 Å². The number of anilines is 1. The average molecular weight is 329 g/mol. The summed E-state index contributed by atoms with van der Waals surface area (Å²) in [6.45, 7) is 6.89. The van der Waals surface area contributed by atoms with Gasteiger partial charge in [-0.2, -0.15) is 5.26 Å². The average Bonchev–Trinajstić information content (AvgIpc) is 2.52. The number of ether oxygens (including phenoxy) is 1. The van der Waals surface area contributed by atoms with E-state index in [0.29, 0.717) is 17.7 Å². The smallest absolute Gasteiger partial charge is 0.407 e. The Morgan fingerprint density at radius 2 is 2.21 bits per heavy atom. The highest BCUT2D eigenvalue weighted by Crippen LogP contribution is 2.25. The van der Waals surface area contributed by atoms with E-state index in [0.717, 1.165) is 31.4 Å². The molecule has 0 aliphatic carbocycles. The van der Waals surface area contributed by atoms with Gasteiger partial charge in [-0.1, -0.05) is 0 Å². The number of nitriles is 1. The Hall–Kier alpha value is -2.55. The quantitative estimate of drug-likeness (QED) is 0.862. The molecule has 24 heavy (non-hydrogen) atoms. The van der Waals surface area contributed by atoms with Crippen LogP contribution in [0.1, 0.15) is 49.5 Å². The molecule has 128 valence electrons. The number of aldehydes is 1. The SMILES string of the molecule is CC(C)(C)OC(=O)N[C@@H]1CCCN(c2ccc(C=O)cc2C#N)C1. The molecule has 0 unspecified atom stereocenters. The van der Waals surface area contributed by atoms with E-state index in [2.05, 4.69) is 16.3 Å². The molecule has 1 saturated heterocycles. The molecule has 1 amide bonds. The van der Waals surface area contributed by atoms with E-state index in [1.165, 1.54) is 0 Å². The fourth-order valence-corrected chi connectivity index (χ4v) is 2.78. The Balaban J connectivity index is 2.07. The molecule has 0 radical (unpaired) electrons. The van der Waals surface area contributed by atoms with Crippen LogP contribution in [0, 0.1) is 11.3 Å². The minimum Gasteiger partial charge on any atom is -0.444 e. The van der Waals surface area contributed by atoms with Crippen LogP contribution in [0.15, 0.2) is 18.2 Å². The van der Waals surface area contributed by atoms with Crippen molar-refractivity contribution in [2.45, 2.75) is 45.3 Å². The molecular formula is C18H23N3O3. The maximum Gasteiger partial charge on any atom is 0.407 e. The van der Waals surface area contributed by atoms with Gasteiger partial charge in [0.1, 0.15) is 18.0 Å². The first kappa shape index (κ1) is 17.8. The number of hydrogen-bond donors (Lipinski definition) is 1. The second-order valence-electron chi connectivity index (χ2n) is 6.94. The Kier molecular flexibility index (Phi) is 5.45. The van der Waals surface area contributed by atoms with Gasteiger partial charge in [-0.3, -0.25) is 4.79 Å². The first-order chi connectivity index (χ1) is 11.3. The van der Waals surface area contributed by atoms with E-state index >= 15 is 0 Å². The predicted octanol–water partition coefficient (Wildman–Crippen LogP) is 2.86. The van der Waals surface area contributed by atoms with Gasteiger partial charge in [-0.15, -0.1) is 0 Å². The van der Waals surface area contributed by atoms with E-state index in [1.807, 2.05) is 20.8 Å². The van der Waals surface area contributed by atoms with Crippen LogP contribution in [0.4, 0.5) is 10.5 Å². The summed E-state index contributed by atoms with van der Waals surface area (Å²) in [7, 11) is 0. The Labute approximate surface area is 142 Å². The highest BCUT2D eigenvalue weighted by atomic mass is 16.6. The molecular weight excluding hydrogens is 306 g/mol. The maximum atomic E-state index is 11.9. The lowest BCUT2D eigenvalue weighted by Gasteiger charge is -2.35. The number of hydrogen-bond acceptors (Lipinski definition) is 5. The van der Waals surface area contributed by atoms with Crippen molar-refractivity contribution in [2.75, 3.05) is 18.0 Å². The van der Waals surface area contributed by atoms with Gasteiger partial charge in [0, 0.05) is 24.7 Å². The topological polar surface area (TPSA) is 82.4 Å². The van der Waals surface area contributed by atoms with Crippen LogP contribution in [-0.4, -0.2) is 37.1 Å². The van der Waals surface area contributed by atoms with E-state index in [-0.39, 0.29) is 6.04 Å². The number of benzene rings is 1. The van der Waals surface area contributed by atoms with Crippen molar-refractivity contribution >= 4 is 18.1 Å². The molecule has 1 aromatic rings. The molecule has 1 N–H and O–H groups in total. The van der Waals surface area contributed by atoms with Crippen LogP contribution >= 0.6 is 0 Å². The minimum absolute atomic E-state index is 0.0362. The maximum absolute atomic E-state index is 11.9. The molecule has 0 aromatic heterocycles. The van der Waals surface area contributed by atoms with Crippen LogP contribution in [0.3, 0.4) is 0 Å². The van der Waals surface area contributed by atoms with Crippen LogP contribution < -0.4 is 10.2 Å². The number of carbonyl (C=O) groups is 2. The number of nitrogens with one attached hydrogen (secondary N) is 1. The van der Waals surface area contributed by atoms with Crippen molar-refractivity contribution in [1.29, 1.82) is 5.26 Å². The molecule has 1 aliphatic heterocycles. The molecule has 1 atom stereocenters. The van der Waals surface area contributed by atoms with Crippen LogP contribution in [-0.2, 0) is 4.74 Å². The van der Waals surface area contributed by atoms with Gasteiger partial charge >= 0.3 is 6.09 Å². The largest absolute Gasteiger partial charge is 0.444 e. The summed E-state index contributed by atoms with van der Waals surface area (Å²) in [5.74, 6) is 0. The van der Waals surface area contributed by atoms with Gasteiger partial charge in [0.2, 0.25) is 0 Å². The van der Waals surface area contributed by atoms with Gasteiger partial charge in [-0.05, 0) is 51.8 Å². The van der Waals surface area contributed by atoms with Gasteiger partial charge < -0.3 is 15.0 Å². The lowest BCUT2D eigenvalue weighted by atomic mass is 10.0. The van der Waals surface area contributed by atoms with Gasteiger partial charge in [0.05, 0.1) is 11.3 Å². The van der Waals surface area contributed by atoms with Crippen LogP contribution in [0.5, 0.6) is 0 Å². The summed E-state index contributed by atoms with van der Waals surface area (Å²) in [6.07, 6.45) is 2.07. The molecule has 6 heteroatoms. The molecule has 0 saturated carbocycles. The van der Waals surface area contributed by atoms with Crippen LogP contribution in [0.2, 0.25) is 0 Å². The molecule has 2 rings (SSSR count). The van der Waals surface area contributed by atoms with Crippen molar-refractivity contribution in [3.63, 3.8) is 0 Å². The lowest BCUT2D eigenvalue weighted by molar-refractivity contribution is 0.0500. The first-order valence-electron chi connectivity index (χ1n) is 8.06. The fourth-order valence-electron chi connectivity index (χ4n) is 2.78. The third kappa shape index (κ3) is 4.72. The number of carbonyl (C=O) groups excluding carboxylic acids is 2. The second-order valence-corrected chi connectivity index (χ2v) is 6.94. The molecule has 1 aromatic carbocycles. The summed E-state index contributed by atoms with van der Waals surface area (Å²) in [5, 5.41) is 12.2. The number of amides is 1. The highest BCUT2D eigenvalue weighted by Gasteiger charge is 2.25. The third-order valence-corrected chi connectivity index (χ3v) is 3.76. The molecule has 1 heterocycles. The van der Waals surface area contributed by atoms with E-state index < -0.39 is 11.7 Å². The zero-order valence-corrected chi connectivity index (χ0v) is 14.3. The Bertz CT molecular complexity index is 658. The second kappa shape index (κ2) is 7.35. The zero-order chi connectivity index (χ0) is 17.7. The van der Waals surface area contributed by atoms with Crippen molar-refractivity contribution in [3.8, 4) is 6.07 Å². The molecule has 1 aliphatic rings. The Morgan fingerprint density at radius 3 is 2.83 bits per heavy atom. The highest BCUT2D eigenvalue weighted by molar-refractivity contribution is 5.78. The fraction of sp³-hybridized carbons (Fsp3) is 0.500. The first-order valence-corrected chi connectivity index (χ1v) is 8.06. The summed E-state index contributed by atoms with van der Waals surface area (Å²) in [5.41, 5.74) is 1.21. The predicted molar refractivity (Wildman–Crippen MR) is 91.1 cm³/mol. The number of nitrogens with zero attached hydrogens (tertiary/aromatic N) is 2. The van der Waals surface area contributed by atoms with E-state index in [1.54, 1.807) is 18.2 Å². The number of rotatable bonds is 3. The van der Waals surface area contributed by atoms with Crippen molar-refractivity contribution < 1.29 is 14.3 Å². The van der Waals surface area contributed by atoms with Gasteiger partial charge in [0.25, 0.3) is 0 Å². The van der Waals surface area contributed by atoms with Crippen LogP contribution in [0.25, 0.3) is 0 Å². The van der Waals surface area contributed by atoms with Crippen molar-refractivity contribution in [3.05, 3.63) is 29.3 Å². The number of alkyl carbamates (subject to hydrolysis) is 1. The van der Waals surface area contributed by atoms with Crippen molar-refractivity contribution in [1.82, 2.24) is 5.32 Å². The standard InChI is InChI=1S/C18H23N3O3/c1-18(2,3)24-17(23)20-15-5-4-8-21(11-15)16-7-6-13(12-22)9-14(16)10-19/h6-7,9,12,15H,4-5,8,11H2,1-3H3,(H,20,23)/t15-/m1/s1. The molecule has 0 spiro atoms. The molecule has 0 bridgehead atoms. The summed E-state index contributed by atoms with van der Waals surface area (Å²) in [6, 6.07) is 7.19.